The second-order valence-electron chi connectivity index (χ2n) is 6.72. The monoisotopic (exact) mass is 288 g/mol. The lowest BCUT2D eigenvalue weighted by Gasteiger charge is -2.23. The Balaban J connectivity index is 2.13. The Kier molecular flexibility index (Phi) is 2.80. The molecule has 0 fully saturated rings. The second kappa shape index (κ2) is 4.61. The van der Waals surface area contributed by atoms with Gasteiger partial charge in [-0.05, 0) is 34.7 Å². The third-order valence-corrected chi connectivity index (χ3v) is 4.98. The van der Waals surface area contributed by atoms with E-state index >= 15 is 0 Å². The molecule has 4 aromatic rings. The predicted octanol–water partition coefficient (Wildman–Crippen LogP) is 6.43. The molecule has 0 unspecified atom stereocenters. The van der Waals surface area contributed by atoms with E-state index in [4.69, 9.17) is 4.42 Å². The zero-order valence-corrected chi connectivity index (χ0v) is 13.3. The first-order valence-corrected chi connectivity index (χ1v) is 7.94. The average molecular weight is 288 g/mol. The molecule has 0 saturated heterocycles. The summed E-state index contributed by atoms with van der Waals surface area (Å²) in [5, 5.41) is 4.92. The van der Waals surface area contributed by atoms with E-state index in [1.807, 2.05) is 0 Å². The highest BCUT2D eigenvalue weighted by Gasteiger charge is 2.23. The summed E-state index contributed by atoms with van der Waals surface area (Å²) in [5.41, 5.74) is 3.44. The highest BCUT2D eigenvalue weighted by molar-refractivity contribution is 6.10. The average Bonchev–Trinajstić information content (AvgIpc) is 2.90. The van der Waals surface area contributed by atoms with E-state index in [0.717, 1.165) is 17.6 Å². The molecule has 0 spiro atoms. The fourth-order valence-electron chi connectivity index (χ4n) is 3.21. The van der Waals surface area contributed by atoms with Crippen molar-refractivity contribution in [3.63, 3.8) is 0 Å². The van der Waals surface area contributed by atoms with Gasteiger partial charge in [0.15, 0.2) is 0 Å². The molecule has 0 aliphatic rings. The maximum atomic E-state index is 6.28. The van der Waals surface area contributed by atoms with Crippen molar-refractivity contribution < 1.29 is 4.42 Å². The normalized spacial score (nSPS) is 12.5. The number of fused-ring (bicyclic) bond motifs is 4. The third kappa shape index (κ3) is 1.85. The van der Waals surface area contributed by atoms with Gasteiger partial charge in [0.25, 0.3) is 0 Å². The van der Waals surface area contributed by atoms with Crippen LogP contribution in [0.2, 0.25) is 0 Å². The van der Waals surface area contributed by atoms with Gasteiger partial charge in [0.2, 0.25) is 0 Å². The van der Waals surface area contributed by atoms with Crippen molar-refractivity contribution in [2.45, 2.75) is 32.6 Å². The minimum atomic E-state index is 0.118. The molecule has 0 bridgehead atoms. The molecule has 22 heavy (non-hydrogen) atoms. The molecule has 4 rings (SSSR count). The van der Waals surface area contributed by atoms with Gasteiger partial charge in [-0.25, -0.2) is 0 Å². The minimum absolute atomic E-state index is 0.118. The summed E-state index contributed by atoms with van der Waals surface area (Å²) in [6.45, 7) is 6.80. The van der Waals surface area contributed by atoms with Crippen LogP contribution in [-0.2, 0) is 5.41 Å². The largest absolute Gasteiger partial charge is 0.456 e. The van der Waals surface area contributed by atoms with Crippen molar-refractivity contribution in [1.29, 1.82) is 0 Å². The zero-order chi connectivity index (χ0) is 15.3. The van der Waals surface area contributed by atoms with E-state index in [-0.39, 0.29) is 5.41 Å². The Labute approximate surface area is 130 Å². The van der Waals surface area contributed by atoms with Crippen LogP contribution in [-0.4, -0.2) is 0 Å². The van der Waals surface area contributed by atoms with Gasteiger partial charge in [0.05, 0.1) is 0 Å². The molecular weight excluding hydrogens is 268 g/mol. The van der Waals surface area contributed by atoms with Crippen molar-refractivity contribution in [2.75, 3.05) is 0 Å². The van der Waals surface area contributed by atoms with Gasteiger partial charge in [-0.1, -0.05) is 63.2 Å². The number of rotatable bonds is 2. The molecule has 110 valence electrons. The molecule has 0 saturated carbocycles. The molecular formula is C21H20O. The second-order valence-corrected chi connectivity index (χ2v) is 6.72. The van der Waals surface area contributed by atoms with Crippen LogP contribution in [0.5, 0.6) is 0 Å². The highest BCUT2D eigenvalue weighted by Crippen LogP contribution is 2.38. The van der Waals surface area contributed by atoms with Crippen molar-refractivity contribution in [1.82, 2.24) is 0 Å². The number of furan rings is 1. The molecule has 0 radical (unpaired) electrons. The number of para-hydroxylation sites is 1. The van der Waals surface area contributed by atoms with Gasteiger partial charge in [0.1, 0.15) is 11.2 Å². The Morgan fingerprint density at radius 2 is 1.59 bits per heavy atom. The Morgan fingerprint density at radius 1 is 0.864 bits per heavy atom. The first kappa shape index (κ1) is 13.4. The van der Waals surface area contributed by atoms with Gasteiger partial charge >= 0.3 is 0 Å². The third-order valence-electron chi connectivity index (χ3n) is 4.98. The Hall–Kier alpha value is -2.28. The first-order valence-electron chi connectivity index (χ1n) is 7.94. The summed E-state index contributed by atoms with van der Waals surface area (Å²) in [6.07, 6.45) is 1.09. The fraction of sp³-hybridized carbons (Fsp3) is 0.238. The smallest absolute Gasteiger partial charge is 0.139 e. The van der Waals surface area contributed by atoms with Gasteiger partial charge in [-0.3, -0.25) is 0 Å². The standard InChI is InChI=1S/C21H20O/c1-4-21(2,3)18-11-7-10-16-17-12-14-8-5-6-9-15(14)13-19(17)22-20(16)18/h5-13H,4H2,1-3H3. The molecule has 0 N–H and O–H groups in total. The van der Waals surface area contributed by atoms with Gasteiger partial charge in [-0.2, -0.15) is 0 Å². The van der Waals surface area contributed by atoms with E-state index in [2.05, 4.69) is 75.4 Å². The zero-order valence-electron chi connectivity index (χ0n) is 13.3. The number of benzene rings is 3. The van der Waals surface area contributed by atoms with E-state index in [9.17, 15) is 0 Å². The number of hydrogen-bond donors (Lipinski definition) is 0. The van der Waals surface area contributed by atoms with E-state index < -0.39 is 0 Å². The molecule has 1 nitrogen and oxygen atoms in total. The van der Waals surface area contributed by atoms with Crippen LogP contribution in [0.1, 0.15) is 32.8 Å². The molecule has 0 aliphatic heterocycles. The van der Waals surface area contributed by atoms with Gasteiger partial charge in [-0.15, -0.1) is 0 Å². The molecule has 1 heterocycles. The van der Waals surface area contributed by atoms with Crippen LogP contribution in [0.4, 0.5) is 0 Å². The van der Waals surface area contributed by atoms with Crippen molar-refractivity contribution in [2.24, 2.45) is 0 Å². The van der Waals surface area contributed by atoms with Gasteiger partial charge < -0.3 is 4.42 Å². The molecule has 3 aromatic carbocycles. The van der Waals surface area contributed by atoms with Crippen molar-refractivity contribution in [3.8, 4) is 0 Å². The summed E-state index contributed by atoms with van der Waals surface area (Å²) >= 11 is 0. The molecule has 0 amide bonds. The van der Waals surface area contributed by atoms with Crippen LogP contribution in [0.15, 0.2) is 59.0 Å². The Morgan fingerprint density at radius 3 is 2.32 bits per heavy atom. The fourth-order valence-corrected chi connectivity index (χ4v) is 3.21. The molecule has 0 atom stereocenters. The Bertz CT molecular complexity index is 989. The summed E-state index contributed by atoms with van der Waals surface area (Å²) in [4.78, 5) is 0. The highest BCUT2D eigenvalue weighted by atomic mass is 16.3. The summed E-state index contributed by atoms with van der Waals surface area (Å²) in [5.74, 6) is 0. The van der Waals surface area contributed by atoms with Crippen LogP contribution in [0, 0.1) is 0 Å². The van der Waals surface area contributed by atoms with Crippen molar-refractivity contribution in [3.05, 3.63) is 60.2 Å². The summed E-state index contributed by atoms with van der Waals surface area (Å²) in [7, 11) is 0. The quantitative estimate of drug-likeness (QED) is 0.414. The SMILES string of the molecule is CCC(C)(C)c1cccc2c1oc1cc3ccccc3cc12. The minimum Gasteiger partial charge on any atom is -0.456 e. The summed E-state index contributed by atoms with van der Waals surface area (Å²) in [6, 6.07) is 19.4. The summed E-state index contributed by atoms with van der Waals surface area (Å²) < 4.78 is 6.28. The first-order chi connectivity index (χ1) is 10.6. The van der Waals surface area contributed by atoms with E-state index in [1.54, 1.807) is 0 Å². The predicted molar refractivity (Wildman–Crippen MR) is 94.5 cm³/mol. The molecule has 1 heteroatoms. The topological polar surface area (TPSA) is 13.1 Å². The van der Waals surface area contributed by atoms with Crippen molar-refractivity contribution >= 4 is 32.7 Å². The van der Waals surface area contributed by atoms with Crippen LogP contribution >= 0.6 is 0 Å². The van der Waals surface area contributed by atoms with Gasteiger partial charge in [0, 0.05) is 16.3 Å². The maximum Gasteiger partial charge on any atom is 0.139 e. The van der Waals surface area contributed by atoms with Crippen LogP contribution in [0.25, 0.3) is 32.7 Å². The van der Waals surface area contributed by atoms with E-state index in [1.165, 1.54) is 27.1 Å². The number of hydrogen-bond acceptors (Lipinski definition) is 1. The van der Waals surface area contributed by atoms with Crippen LogP contribution < -0.4 is 0 Å². The lowest BCUT2D eigenvalue weighted by molar-refractivity contribution is 0.500. The van der Waals surface area contributed by atoms with E-state index in [0.29, 0.717) is 0 Å². The lowest BCUT2D eigenvalue weighted by Crippen LogP contribution is -2.15. The maximum absolute atomic E-state index is 6.28. The molecule has 1 aromatic heterocycles. The molecule has 0 aliphatic carbocycles. The lowest BCUT2D eigenvalue weighted by atomic mass is 9.81. The van der Waals surface area contributed by atoms with Crippen LogP contribution in [0.3, 0.4) is 0 Å².